The van der Waals surface area contributed by atoms with Gasteiger partial charge in [0.05, 0.1) is 0 Å². The molecule has 130 valence electrons. The van der Waals surface area contributed by atoms with E-state index < -0.39 is 0 Å². The molecule has 0 saturated heterocycles. The summed E-state index contributed by atoms with van der Waals surface area (Å²) in [5, 5.41) is 0. The molecule has 2 nitrogen and oxygen atoms in total. The lowest BCUT2D eigenvalue weighted by molar-refractivity contribution is -0.139. The third kappa shape index (κ3) is 9.83. The topological polar surface area (TPSA) is 26.3 Å². The normalized spacial score (nSPS) is 12.0. The molecule has 0 saturated carbocycles. The average molecular weight is 326 g/mol. The summed E-state index contributed by atoms with van der Waals surface area (Å²) in [4.78, 5) is 11.8. The predicted octanol–water partition coefficient (Wildman–Crippen LogP) is 6.15. The van der Waals surface area contributed by atoms with E-state index in [0.29, 0.717) is 6.61 Å². The second-order valence-corrected chi connectivity index (χ2v) is 6.49. The first-order chi connectivity index (χ1) is 11.5. The highest BCUT2D eigenvalue weighted by atomic mass is 16.5. The third-order valence-corrected chi connectivity index (χ3v) is 3.71. The van der Waals surface area contributed by atoms with E-state index in [1.54, 1.807) is 6.08 Å². The fourth-order valence-corrected chi connectivity index (χ4v) is 2.28. The zero-order valence-electron chi connectivity index (χ0n) is 15.5. The Hall–Kier alpha value is -2.09. The van der Waals surface area contributed by atoms with E-state index >= 15 is 0 Å². The van der Waals surface area contributed by atoms with E-state index in [2.05, 4.69) is 32.9 Å². The highest BCUT2D eigenvalue weighted by molar-refractivity contribution is 5.82. The predicted molar refractivity (Wildman–Crippen MR) is 102 cm³/mol. The monoisotopic (exact) mass is 326 g/mol. The van der Waals surface area contributed by atoms with Gasteiger partial charge >= 0.3 is 5.97 Å². The Kier molecular flexibility index (Phi) is 9.52. The van der Waals surface area contributed by atoms with Gasteiger partial charge in [-0.1, -0.05) is 59.2 Å². The van der Waals surface area contributed by atoms with Gasteiger partial charge in [-0.05, 0) is 58.9 Å². The van der Waals surface area contributed by atoms with Crippen molar-refractivity contribution >= 4 is 5.97 Å². The molecule has 24 heavy (non-hydrogen) atoms. The van der Waals surface area contributed by atoms with Gasteiger partial charge in [-0.3, -0.25) is 0 Å². The smallest absolute Gasteiger partial charge is 0.331 e. The van der Waals surface area contributed by atoms with Crippen LogP contribution in [-0.4, -0.2) is 5.97 Å². The molecule has 1 aromatic rings. The van der Waals surface area contributed by atoms with Crippen molar-refractivity contribution in [2.24, 2.45) is 0 Å². The van der Waals surface area contributed by atoms with Gasteiger partial charge in [-0.25, -0.2) is 4.79 Å². The van der Waals surface area contributed by atoms with Crippen molar-refractivity contribution < 1.29 is 9.53 Å². The van der Waals surface area contributed by atoms with Crippen LogP contribution in [0.4, 0.5) is 0 Å². The number of hydrogen-bond donors (Lipinski definition) is 0. The average Bonchev–Trinajstić information content (AvgIpc) is 2.53. The van der Waals surface area contributed by atoms with Gasteiger partial charge in [0.25, 0.3) is 0 Å². The van der Waals surface area contributed by atoms with Crippen molar-refractivity contribution in [3.05, 3.63) is 70.8 Å². The lowest BCUT2D eigenvalue weighted by Crippen LogP contribution is -2.01. The lowest BCUT2D eigenvalue weighted by Gasteiger charge is -2.04. The molecular formula is C22H30O2. The number of allylic oxidation sites excluding steroid dienone is 5. The molecule has 0 radical (unpaired) electrons. The first-order valence-electron chi connectivity index (χ1n) is 8.64. The zero-order valence-corrected chi connectivity index (χ0v) is 15.5. The molecule has 0 heterocycles. The number of carbonyl (C=O) groups is 1. The Morgan fingerprint density at radius 3 is 2.21 bits per heavy atom. The van der Waals surface area contributed by atoms with Gasteiger partial charge < -0.3 is 4.74 Å². The van der Waals surface area contributed by atoms with Crippen LogP contribution in [0.3, 0.4) is 0 Å². The maximum absolute atomic E-state index is 11.8. The van der Waals surface area contributed by atoms with Crippen LogP contribution in [0.1, 0.15) is 58.9 Å². The molecule has 0 amide bonds. The SMILES string of the molecule is CC(C)=CCC/C(C)=C/CC/C(C)=C/C(=O)OCc1ccccc1. The summed E-state index contributed by atoms with van der Waals surface area (Å²) in [6.45, 7) is 8.74. The third-order valence-electron chi connectivity index (χ3n) is 3.71. The van der Waals surface area contributed by atoms with Crippen LogP contribution < -0.4 is 0 Å². The van der Waals surface area contributed by atoms with Crippen molar-refractivity contribution in [3.8, 4) is 0 Å². The van der Waals surface area contributed by atoms with Crippen molar-refractivity contribution in [2.45, 2.75) is 60.0 Å². The minimum Gasteiger partial charge on any atom is -0.458 e. The van der Waals surface area contributed by atoms with E-state index in [1.165, 1.54) is 11.1 Å². The number of rotatable bonds is 9. The summed E-state index contributed by atoms with van der Waals surface area (Å²) in [6, 6.07) is 9.73. The summed E-state index contributed by atoms with van der Waals surface area (Å²) in [6.07, 6.45) is 10.2. The highest BCUT2D eigenvalue weighted by Gasteiger charge is 2.00. The molecule has 0 spiro atoms. The Morgan fingerprint density at radius 1 is 0.917 bits per heavy atom. The molecule has 2 heteroatoms. The minimum absolute atomic E-state index is 0.263. The van der Waals surface area contributed by atoms with Crippen LogP contribution >= 0.6 is 0 Å². The van der Waals surface area contributed by atoms with Gasteiger partial charge in [-0.2, -0.15) is 0 Å². The summed E-state index contributed by atoms with van der Waals surface area (Å²) in [7, 11) is 0. The van der Waals surface area contributed by atoms with Gasteiger partial charge in [0.2, 0.25) is 0 Å². The lowest BCUT2D eigenvalue weighted by atomic mass is 10.1. The van der Waals surface area contributed by atoms with Crippen molar-refractivity contribution in [3.63, 3.8) is 0 Å². The Labute approximate surface area is 146 Å². The van der Waals surface area contributed by atoms with Crippen molar-refractivity contribution in [1.82, 2.24) is 0 Å². The zero-order chi connectivity index (χ0) is 17.8. The molecule has 1 aromatic carbocycles. The minimum atomic E-state index is -0.263. The summed E-state index contributed by atoms with van der Waals surface area (Å²) in [5.74, 6) is -0.263. The fraction of sp³-hybridized carbons (Fsp3) is 0.409. The molecular weight excluding hydrogens is 296 g/mol. The molecule has 0 aromatic heterocycles. The molecule has 0 aliphatic heterocycles. The molecule has 0 bridgehead atoms. The second-order valence-electron chi connectivity index (χ2n) is 6.49. The largest absolute Gasteiger partial charge is 0.458 e. The van der Waals surface area contributed by atoms with Crippen molar-refractivity contribution in [1.29, 1.82) is 0 Å². The van der Waals surface area contributed by atoms with E-state index in [9.17, 15) is 4.79 Å². The molecule has 1 rings (SSSR count). The number of hydrogen-bond acceptors (Lipinski definition) is 2. The second kappa shape index (κ2) is 11.4. The van der Waals surface area contributed by atoms with Crippen LogP contribution in [0, 0.1) is 0 Å². The number of ether oxygens (including phenoxy) is 1. The van der Waals surface area contributed by atoms with Gasteiger partial charge in [0, 0.05) is 6.08 Å². The van der Waals surface area contributed by atoms with Crippen LogP contribution in [0.15, 0.2) is 65.3 Å². The van der Waals surface area contributed by atoms with Crippen LogP contribution in [-0.2, 0) is 16.1 Å². The first-order valence-corrected chi connectivity index (χ1v) is 8.64. The van der Waals surface area contributed by atoms with E-state index in [4.69, 9.17) is 4.74 Å². The molecule has 0 unspecified atom stereocenters. The Bertz CT molecular complexity index is 588. The van der Waals surface area contributed by atoms with E-state index in [-0.39, 0.29) is 5.97 Å². The Balaban J connectivity index is 2.30. The molecule has 0 aliphatic carbocycles. The summed E-state index contributed by atoms with van der Waals surface area (Å²) < 4.78 is 5.26. The Morgan fingerprint density at radius 2 is 1.54 bits per heavy atom. The fourth-order valence-electron chi connectivity index (χ4n) is 2.28. The molecule has 0 atom stereocenters. The molecule has 0 N–H and O–H groups in total. The molecule has 0 fully saturated rings. The van der Waals surface area contributed by atoms with Crippen LogP contribution in [0.2, 0.25) is 0 Å². The van der Waals surface area contributed by atoms with Gasteiger partial charge in [-0.15, -0.1) is 0 Å². The van der Waals surface area contributed by atoms with Gasteiger partial charge in [0.15, 0.2) is 0 Å². The standard InChI is InChI=1S/C22H30O2/c1-18(2)10-8-11-19(3)12-9-13-20(4)16-22(23)24-17-21-14-6-5-7-15-21/h5-7,10,12,14-16H,8-9,11,13,17H2,1-4H3/b19-12+,20-16+. The van der Waals surface area contributed by atoms with Crippen molar-refractivity contribution in [2.75, 3.05) is 0 Å². The number of esters is 1. The number of benzene rings is 1. The van der Waals surface area contributed by atoms with E-state index in [1.807, 2.05) is 37.3 Å². The van der Waals surface area contributed by atoms with Crippen LogP contribution in [0.5, 0.6) is 0 Å². The maximum Gasteiger partial charge on any atom is 0.331 e. The van der Waals surface area contributed by atoms with Gasteiger partial charge in [0.1, 0.15) is 6.61 Å². The van der Waals surface area contributed by atoms with E-state index in [0.717, 1.165) is 36.8 Å². The first kappa shape index (κ1) is 20.0. The summed E-state index contributed by atoms with van der Waals surface area (Å²) >= 11 is 0. The number of carbonyl (C=O) groups excluding carboxylic acids is 1. The van der Waals surface area contributed by atoms with Crippen LogP contribution in [0.25, 0.3) is 0 Å². The highest BCUT2D eigenvalue weighted by Crippen LogP contribution is 2.11. The maximum atomic E-state index is 11.8. The summed E-state index contributed by atoms with van der Waals surface area (Å²) in [5.41, 5.74) is 4.84. The quantitative estimate of drug-likeness (QED) is 0.309. The molecule has 0 aliphatic rings.